The molecule has 1 aliphatic rings. The zero-order valence-electron chi connectivity index (χ0n) is 11.6. The SMILES string of the molecule is COc1ccc(Cn2cc3c(c2)C(N)CCC3)cc1F. The summed E-state index contributed by atoms with van der Waals surface area (Å²) in [7, 11) is 1.47. The van der Waals surface area contributed by atoms with Crippen LogP contribution < -0.4 is 10.5 Å². The zero-order chi connectivity index (χ0) is 14.1. The molecule has 0 saturated carbocycles. The first-order valence-electron chi connectivity index (χ1n) is 6.94. The molecule has 106 valence electrons. The lowest BCUT2D eigenvalue weighted by molar-refractivity contribution is 0.386. The molecule has 0 aliphatic heterocycles. The van der Waals surface area contributed by atoms with Crippen LogP contribution >= 0.6 is 0 Å². The molecule has 0 amide bonds. The number of aryl methyl sites for hydroxylation is 1. The Morgan fingerprint density at radius 1 is 1.40 bits per heavy atom. The summed E-state index contributed by atoms with van der Waals surface area (Å²) in [5, 5.41) is 0. The summed E-state index contributed by atoms with van der Waals surface area (Å²) >= 11 is 0. The van der Waals surface area contributed by atoms with Gasteiger partial charge in [-0.3, -0.25) is 0 Å². The van der Waals surface area contributed by atoms with Gasteiger partial charge in [0.25, 0.3) is 0 Å². The van der Waals surface area contributed by atoms with Crippen LogP contribution in [0.25, 0.3) is 0 Å². The van der Waals surface area contributed by atoms with E-state index in [1.165, 1.54) is 24.3 Å². The van der Waals surface area contributed by atoms with Gasteiger partial charge >= 0.3 is 0 Å². The highest BCUT2D eigenvalue weighted by atomic mass is 19.1. The van der Waals surface area contributed by atoms with Gasteiger partial charge in [0.15, 0.2) is 11.6 Å². The minimum Gasteiger partial charge on any atom is -0.494 e. The highest BCUT2D eigenvalue weighted by molar-refractivity contribution is 5.32. The Kier molecular flexibility index (Phi) is 3.49. The minimum absolute atomic E-state index is 0.146. The molecule has 2 N–H and O–H groups in total. The maximum atomic E-state index is 13.7. The predicted molar refractivity (Wildman–Crippen MR) is 76.4 cm³/mol. The average Bonchev–Trinajstić information content (AvgIpc) is 2.83. The van der Waals surface area contributed by atoms with Crippen LogP contribution in [0.15, 0.2) is 30.6 Å². The second-order valence-electron chi connectivity index (χ2n) is 5.38. The first kappa shape index (κ1) is 13.2. The first-order valence-corrected chi connectivity index (χ1v) is 6.94. The van der Waals surface area contributed by atoms with Gasteiger partial charge in [-0.05, 0) is 48.1 Å². The van der Waals surface area contributed by atoms with Crippen LogP contribution in [-0.4, -0.2) is 11.7 Å². The van der Waals surface area contributed by atoms with E-state index < -0.39 is 0 Å². The zero-order valence-corrected chi connectivity index (χ0v) is 11.6. The fourth-order valence-corrected chi connectivity index (χ4v) is 2.89. The van der Waals surface area contributed by atoms with E-state index in [4.69, 9.17) is 10.5 Å². The highest BCUT2D eigenvalue weighted by Crippen LogP contribution is 2.29. The number of hydrogen-bond donors (Lipinski definition) is 1. The van der Waals surface area contributed by atoms with E-state index in [1.54, 1.807) is 6.07 Å². The number of hydrogen-bond acceptors (Lipinski definition) is 2. The van der Waals surface area contributed by atoms with Crippen molar-refractivity contribution in [2.75, 3.05) is 7.11 Å². The van der Waals surface area contributed by atoms with Gasteiger partial charge in [-0.1, -0.05) is 6.07 Å². The molecule has 4 heteroatoms. The Hall–Kier alpha value is -1.81. The quantitative estimate of drug-likeness (QED) is 0.934. The molecule has 1 heterocycles. The highest BCUT2D eigenvalue weighted by Gasteiger charge is 2.18. The van der Waals surface area contributed by atoms with Gasteiger partial charge in [-0.25, -0.2) is 4.39 Å². The van der Waals surface area contributed by atoms with Gasteiger partial charge in [-0.15, -0.1) is 0 Å². The lowest BCUT2D eigenvalue weighted by Gasteiger charge is -2.17. The topological polar surface area (TPSA) is 40.2 Å². The van der Waals surface area contributed by atoms with Crippen molar-refractivity contribution in [2.24, 2.45) is 5.73 Å². The summed E-state index contributed by atoms with van der Waals surface area (Å²) < 4.78 is 20.7. The molecule has 0 saturated heterocycles. The van der Waals surface area contributed by atoms with Crippen LogP contribution in [-0.2, 0) is 13.0 Å². The number of ether oxygens (including phenoxy) is 1. The lowest BCUT2D eigenvalue weighted by atomic mass is 9.92. The van der Waals surface area contributed by atoms with Gasteiger partial charge in [0.2, 0.25) is 0 Å². The Bertz CT molecular complexity index is 621. The van der Waals surface area contributed by atoms with E-state index in [-0.39, 0.29) is 17.6 Å². The monoisotopic (exact) mass is 274 g/mol. The molecule has 20 heavy (non-hydrogen) atoms. The molecule has 0 radical (unpaired) electrons. The maximum absolute atomic E-state index is 13.7. The van der Waals surface area contributed by atoms with Crippen molar-refractivity contribution < 1.29 is 9.13 Å². The van der Waals surface area contributed by atoms with Gasteiger partial charge in [0.1, 0.15) is 0 Å². The third-order valence-corrected chi connectivity index (χ3v) is 3.94. The Balaban J connectivity index is 1.83. The molecule has 0 spiro atoms. The van der Waals surface area contributed by atoms with Gasteiger partial charge in [-0.2, -0.15) is 0 Å². The number of nitrogens with two attached hydrogens (primary N) is 1. The average molecular weight is 274 g/mol. The molecule has 0 bridgehead atoms. The van der Waals surface area contributed by atoms with Crippen LogP contribution in [0.4, 0.5) is 4.39 Å². The van der Waals surface area contributed by atoms with Crippen LogP contribution in [0, 0.1) is 5.82 Å². The number of rotatable bonds is 3. The number of benzene rings is 1. The van der Waals surface area contributed by atoms with E-state index in [1.807, 2.05) is 6.07 Å². The number of halogens is 1. The molecule has 1 aromatic heterocycles. The third-order valence-electron chi connectivity index (χ3n) is 3.94. The Morgan fingerprint density at radius 2 is 2.25 bits per heavy atom. The number of aromatic nitrogens is 1. The second-order valence-corrected chi connectivity index (χ2v) is 5.38. The van der Waals surface area contributed by atoms with Crippen molar-refractivity contribution >= 4 is 0 Å². The van der Waals surface area contributed by atoms with Crippen LogP contribution in [0.5, 0.6) is 5.75 Å². The molecule has 0 fully saturated rings. The lowest BCUT2D eigenvalue weighted by Crippen LogP contribution is -2.15. The van der Waals surface area contributed by atoms with Crippen molar-refractivity contribution in [2.45, 2.75) is 31.8 Å². The predicted octanol–water partition coefficient (Wildman–Crippen LogP) is 3.02. The number of nitrogens with zero attached hydrogens (tertiary/aromatic N) is 1. The smallest absolute Gasteiger partial charge is 0.165 e. The molecule has 1 aromatic carbocycles. The number of fused-ring (bicyclic) bond motifs is 1. The summed E-state index contributed by atoms with van der Waals surface area (Å²) in [6.45, 7) is 0.653. The van der Waals surface area contributed by atoms with E-state index in [0.717, 1.165) is 24.8 Å². The van der Waals surface area contributed by atoms with Crippen molar-refractivity contribution in [3.05, 3.63) is 53.1 Å². The third kappa shape index (κ3) is 2.43. The fourth-order valence-electron chi connectivity index (χ4n) is 2.89. The summed E-state index contributed by atoms with van der Waals surface area (Å²) in [5.41, 5.74) is 9.62. The van der Waals surface area contributed by atoms with Gasteiger partial charge < -0.3 is 15.0 Å². The minimum atomic E-state index is -0.321. The van der Waals surface area contributed by atoms with E-state index in [0.29, 0.717) is 6.54 Å². The van der Waals surface area contributed by atoms with E-state index in [9.17, 15) is 4.39 Å². The van der Waals surface area contributed by atoms with Gasteiger partial charge in [0, 0.05) is 25.0 Å². The maximum Gasteiger partial charge on any atom is 0.165 e. The van der Waals surface area contributed by atoms with Crippen LogP contribution in [0.1, 0.15) is 35.6 Å². The summed E-state index contributed by atoms with van der Waals surface area (Å²) in [5.74, 6) is -0.0406. The first-order chi connectivity index (χ1) is 9.67. The molecule has 1 unspecified atom stereocenters. The summed E-state index contributed by atoms with van der Waals surface area (Å²) in [6.07, 6.45) is 7.52. The molecule has 3 rings (SSSR count). The van der Waals surface area contributed by atoms with E-state index >= 15 is 0 Å². The Morgan fingerprint density at radius 3 is 2.95 bits per heavy atom. The molecule has 1 atom stereocenters. The molecular formula is C16H19FN2O. The molecule has 2 aromatic rings. The normalized spacial score (nSPS) is 17.9. The molecular weight excluding hydrogens is 255 g/mol. The standard InChI is InChI=1S/C16H19FN2O/c1-20-16-6-5-11(7-14(16)17)8-19-9-12-3-2-4-15(18)13(12)10-19/h5-7,9-10,15H,2-4,8,18H2,1H3. The molecule has 3 nitrogen and oxygen atoms in total. The summed E-state index contributed by atoms with van der Waals surface area (Å²) in [6, 6.07) is 5.23. The van der Waals surface area contributed by atoms with Crippen molar-refractivity contribution in [3.63, 3.8) is 0 Å². The largest absolute Gasteiger partial charge is 0.494 e. The van der Waals surface area contributed by atoms with Crippen molar-refractivity contribution in [1.82, 2.24) is 4.57 Å². The molecule has 1 aliphatic carbocycles. The Labute approximate surface area is 118 Å². The van der Waals surface area contributed by atoms with Crippen molar-refractivity contribution in [1.29, 1.82) is 0 Å². The number of methoxy groups -OCH3 is 1. The van der Waals surface area contributed by atoms with Crippen LogP contribution in [0.3, 0.4) is 0 Å². The van der Waals surface area contributed by atoms with Gasteiger partial charge in [0.05, 0.1) is 7.11 Å². The summed E-state index contributed by atoms with van der Waals surface area (Å²) in [4.78, 5) is 0. The van der Waals surface area contributed by atoms with Crippen molar-refractivity contribution in [3.8, 4) is 5.75 Å². The van der Waals surface area contributed by atoms with E-state index in [2.05, 4.69) is 17.0 Å². The second kappa shape index (κ2) is 5.29. The van der Waals surface area contributed by atoms with Crippen LogP contribution in [0.2, 0.25) is 0 Å². The fraction of sp³-hybridized carbons (Fsp3) is 0.375.